The number of amides is 1. The van der Waals surface area contributed by atoms with Gasteiger partial charge in [0.15, 0.2) is 5.16 Å². The number of hydrogen-bond acceptors (Lipinski definition) is 5. The lowest BCUT2D eigenvalue weighted by atomic mass is 9.97. The summed E-state index contributed by atoms with van der Waals surface area (Å²) in [5.41, 5.74) is 1.30. The molecule has 1 amide bonds. The van der Waals surface area contributed by atoms with Crippen molar-refractivity contribution in [2.24, 2.45) is 0 Å². The Hall–Kier alpha value is -1.60. The summed E-state index contributed by atoms with van der Waals surface area (Å²) in [5.74, 6) is -0.0228. The molecule has 24 heavy (non-hydrogen) atoms. The molecule has 0 bridgehead atoms. The van der Waals surface area contributed by atoms with Gasteiger partial charge in [0.2, 0.25) is 5.91 Å². The van der Waals surface area contributed by atoms with Crippen LogP contribution in [0.1, 0.15) is 39.0 Å². The zero-order chi connectivity index (χ0) is 16.9. The normalized spacial score (nSPS) is 16.0. The van der Waals surface area contributed by atoms with E-state index in [0.717, 1.165) is 12.8 Å². The van der Waals surface area contributed by atoms with Gasteiger partial charge in [0, 0.05) is 6.54 Å². The van der Waals surface area contributed by atoms with Gasteiger partial charge in [0.25, 0.3) is 5.56 Å². The Labute approximate surface area is 149 Å². The summed E-state index contributed by atoms with van der Waals surface area (Å²) in [4.78, 5) is 32.0. The van der Waals surface area contributed by atoms with Crippen LogP contribution in [0.3, 0.4) is 0 Å². The molecule has 2 aromatic rings. The van der Waals surface area contributed by atoms with Crippen LogP contribution in [0.4, 0.5) is 0 Å². The fourth-order valence-electron chi connectivity index (χ4n) is 2.74. The fraction of sp³-hybridized carbons (Fsp3) is 0.471. The highest BCUT2D eigenvalue weighted by atomic mass is 32.2. The SMILES string of the molecule is C[C@@H](Sc1nc2sccc2c(=O)[nH]1)C(=O)NCCC1=CCCCC1. The third-order valence-corrected chi connectivity index (χ3v) is 5.89. The molecule has 2 N–H and O–H groups in total. The second-order valence-corrected chi connectivity index (χ2v) is 8.14. The van der Waals surface area contributed by atoms with Crippen molar-refractivity contribution >= 4 is 39.2 Å². The van der Waals surface area contributed by atoms with Crippen molar-refractivity contribution in [2.75, 3.05) is 6.54 Å². The Morgan fingerprint density at radius 1 is 1.50 bits per heavy atom. The van der Waals surface area contributed by atoms with Crippen molar-refractivity contribution < 1.29 is 4.79 Å². The van der Waals surface area contributed by atoms with Gasteiger partial charge in [0.1, 0.15) is 4.83 Å². The summed E-state index contributed by atoms with van der Waals surface area (Å²) >= 11 is 2.71. The molecule has 0 saturated heterocycles. The number of hydrogen-bond donors (Lipinski definition) is 2. The first-order valence-electron chi connectivity index (χ1n) is 8.23. The Morgan fingerprint density at radius 2 is 2.38 bits per heavy atom. The third kappa shape index (κ3) is 4.27. The number of thiophene rings is 1. The Balaban J connectivity index is 1.53. The van der Waals surface area contributed by atoms with Gasteiger partial charge in [-0.15, -0.1) is 11.3 Å². The summed E-state index contributed by atoms with van der Waals surface area (Å²) in [6.45, 7) is 2.50. The summed E-state index contributed by atoms with van der Waals surface area (Å²) in [7, 11) is 0. The maximum atomic E-state index is 12.2. The van der Waals surface area contributed by atoms with E-state index in [4.69, 9.17) is 0 Å². The average molecular weight is 364 g/mol. The van der Waals surface area contributed by atoms with Crippen LogP contribution in [0.25, 0.3) is 10.2 Å². The molecule has 5 nitrogen and oxygen atoms in total. The fourth-order valence-corrected chi connectivity index (χ4v) is 4.39. The molecule has 0 aliphatic heterocycles. The first-order valence-corrected chi connectivity index (χ1v) is 9.99. The van der Waals surface area contributed by atoms with Crippen LogP contribution < -0.4 is 10.9 Å². The van der Waals surface area contributed by atoms with Crippen molar-refractivity contribution in [1.82, 2.24) is 15.3 Å². The lowest BCUT2D eigenvalue weighted by molar-refractivity contribution is -0.120. The summed E-state index contributed by atoms with van der Waals surface area (Å²) in [6, 6.07) is 1.76. The largest absolute Gasteiger partial charge is 0.355 e. The molecule has 3 rings (SSSR count). The van der Waals surface area contributed by atoms with Crippen LogP contribution >= 0.6 is 23.1 Å². The number of aromatic amines is 1. The lowest BCUT2D eigenvalue weighted by Crippen LogP contribution is -2.32. The van der Waals surface area contributed by atoms with Crippen molar-refractivity contribution in [3.8, 4) is 0 Å². The Kier molecular flexibility index (Phi) is 5.73. The number of rotatable bonds is 6. The van der Waals surface area contributed by atoms with Crippen molar-refractivity contribution in [1.29, 1.82) is 0 Å². The highest BCUT2D eigenvalue weighted by molar-refractivity contribution is 8.00. The van der Waals surface area contributed by atoms with Crippen LogP contribution in [0.5, 0.6) is 0 Å². The standard InChI is InChI=1S/C17H21N3O2S2/c1-11(14(21)18-9-7-12-5-3-2-4-6-12)24-17-19-15(22)13-8-10-23-16(13)20-17/h5,8,10-11H,2-4,6-7,9H2,1H3,(H,18,21)(H,19,20,22)/t11-/m1/s1. The molecule has 0 aromatic carbocycles. The van der Waals surface area contributed by atoms with E-state index < -0.39 is 0 Å². The predicted molar refractivity (Wildman–Crippen MR) is 99.7 cm³/mol. The van der Waals surface area contributed by atoms with Gasteiger partial charge in [-0.2, -0.15) is 0 Å². The van der Waals surface area contributed by atoms with E-state index in [9.17, 15) is 9.59 Å². The number of nitrogens with zero attached hydrogens (tertiary/aromatic N) is 1. The molecule has 2 aromatic heterocycles. The van der Waals surface area contributed by atoms with E-state index in [1.54, 1.807) is 6.07 Å². The van der Waals surface area contributed by atoms with Crippen molar-refractivity contribution in [2.45, 2.75) is 49.4 Å². The molecule has 0 saturated carbocycles. The molecule has 1 aliphatic carbocycles. The number of thioether (sulfide) groups is 1. The van der Waals surface area contributed by atoms with E-state index in [0.29, 0.717) is 21.9 Å². The summed E-state index contributed by atoms with van der Waals surface area (Å²) < 4.78 is 0. The van der Waals surface area contributed by atoms with Gasteiger partial charge < -0.3 is 10.3 Å². The number of aromatic nitrogens is 2. The maximum Gasteiger partial charge on any atom is 0.260 e. The molecule has 1 atom stereocenters. The molecule has 2 heterocycles. The molecule has 128 valence electrons. The van der Waals surface area contributed by atoms with Gasteiger partial charge in [-0.3, -0.25) is 9.59 Å². The smallest absolute Gasteiger partial charge is 0.260 e. The first-order chi connectivity index (χ1) is 11.6. The monoisotopic (exact) mass is 363 g/mol. The predicted octanol–water partition coefficient (Wildman–Crippen LogP) is 3.47. The van der Waals surface area contributed by atoms with Gasteiger partial charge in [-0.1, -0.05) is 23.4 Å². The number of allylic oxidation sites excluding steroid dienone is 1. The molecule has 0 unspecified atom stereocenters. The van der Waals surface area contributed by atoms with Crippen LogP contribution in [0.15, 0.2) is 33.0 Å². The summed E-state index contributed by atoms with van der Waals surface area (Å²) in [5, 5.41) is 5.62. The zero-order valence-corrected chi connectivity index (χ0v) is 15.3. The second-order valence-electron chi connectivity index (χ2n) is 5.92. The highest BCUT2D eigenvalue weighted by Gasteiger charge is 2.16. The van der Waals surface area contributed by atoms with Crippen molar-refractivity contribution in [3.05, 3.63) is 33.4 Å². The van der Waals surface area contributed by atoms with Gasteiger partial charge >= 0.3 is 0 Å². The number of carbonyl (C=O) groups is 1. The van der Waals surface area contributed by atoms with Gasteiger partial charge in [0.05, 0.1) is 10.6 Å². The van der Waals surface area contributed by atoms with Crippen LogP contribution in [-0.4, -0.2) is 27.7 Å². The highest BCUT2D eigenvalue weighted by Crippen LogP contribution is 2.23. The van der Waals surface area contributed by atoms with E-state index in [1.165, 1.54) is 47.9 Å². The first kappa shape index (κ1) is 17.2. The minimum Gasteiger partial charge on any atom is -0.355 e. The number of nitrogens with one attached hydrogen (secondary N) is 2. The van der Waals surface area contributed by atoms with Crippen molar-refractivity contribution in [3.63, 3.8) is 0 Å². The molecule has 7 heteroatoms. The minimum atomic E-state index is -0.300. The molecule has 0 radical (unpaired) electrons. The summed E-state index contributed by atoms with van der Waals surface area (Å²) in [6.07, 6.45) is 8.10. The third-order valence-electron chi connectivity index (χ3n) is 4.10. The number of fused-ring (bicyclic) bond motifs is 1. The topological polar surface area (TPSA) is 74.8 Å². The van der Waals surface area contributed by atoms with E-state index >= 15 is 0 Å². The van der Waals surface area contributed by atoms with E-state index in [2.05, 4.69) is 21.4 Å². The molecular weight excluding hydrogens is 342 g/mol. The van der Waals surface area contributed by atoms with Gasteiger partial charge in [-0.25, -0.2) is 4.98 Å². The van der Waals surface area contributed by atoms with E-state index in [-0.39, 0.29) is 16.7 Å². The molecule has 1 aliphatic rings. The second kappa shape index (κ2) is 7.98. The van der Waals surface area contributed by atoms with Gasteiger partial charge in [-0.05, 0) is 50.5 Å². The number of H-pyrrole nitrogens is 1. The van der Waals surface area contributed by atoms with Crippen LogP contribution in [-0.2, 0) is 4.79 Å². The number of carbonyl (C=O) groups excluding carboxylic acids is 1. The van der Waals surface area contributed by atoms with E-state index in [1.807, 2.05) is 12.3 Å². The molecule has 0 fully saturated rings. The zero-order valence-electron chi connectivity index (χ0n) is 13.6. The lowest BCUT2D eigenvalue weighted by Gasteiger charge is -2.14. The average Bonchev–Trinajstić information content (AvgIpc) is 3.04. The Morgan fingerprint density at radius 3 is 3.17 bits per heavy atom. The molecular formula is C17H21N3O2S2. The van der Waals surface area contributed by atoms with Crippen LogP contribution in [0, 0.1) is 0 Å². The quantitative estimate of drug-likeness (QED) is 0.468. The minimum absolute atomic E-state index is 0.0228. The molecule has 0 spiro atoms. The Bertz CT molecular complexity index is 810. The maximum absolute atomic E-state index is 12.2. The van der Waals surface area contributed by atoms with Crippen LogP contribution in [0.2, 0.25) is 0 Å².